The summed E-state index contributed by atoms with van der Waals surface area (Å²) in [5.74, 6) is 0.700. The van der Waals surface area contributed by atoms with Crippen molar-refractivity contribution >= 4 is 5.91 Å². The van der Waals surface area contributed by atoms with Gasteiger partial charge >= 0.3 is 0 Å². The van der Waals surface area contributed by atoms with Crippen LogP contribution in [-0.4, -0.2) is 23.2 Å². The van der Waals surface area contributed by atoms with Gasteiger partial charge in [-0.3, -0.25) is 4.79 Å². The van der Waals surface area contributed by atoms with Crippen molar-refractivity contribution in [1.29, 1.82) is 0 Å². The van der Waals surface area contributed by atoms with E-state index in [-0.39, 0.29) is 36.0 Å². The SMILES string of the molecule is COc1ccc(C(C(=O)NCc2nc(-c3ccc(F)cc3)no2)C(C)C)cc1. The van der Waals surface area contributed by atoms with Crippen LogP contribution in [0.1, 0.15) is 31.2 Å². The number of benzene rings is 2. The molecule has 0 fully saturated rings. The third-order valence-electron chi connectivity index (χ3n) is 4.41. The Morgan fingerprint density at radius 1 is 1.14 bits per heavy atom. The molecule has 0 saturated heterocycles. The topological polar surface area (TPSA) is 77.2 Å². The largest absolute Gasteiger partial charge is 0.497 e. The molecule has 1 amide bonds. The minimum absolute atomic E-state index is 0.103. The maximum absolute atomic E-state index is 13.0. The van der Waals surface area contributed by atoms with E-state index in [0.29, 0.717) is 11.4 Å². The molecule has 0 spiro atoms. The molecule has 3 rings (SSSR count). The van der Waals surface area contributed by atoms with Crippen LogP contribution in [0.2, 0.25) is 0 Å². The molecule has 1 N–H and O–H groups in total. The summed E-state index contributed by atoms with van der Waals surface area (Å²) in [7, 11) is 1.60. The van der Waals surface area contributed by atoms with Crippen molar-refractivity contribution < 1.29 is 18.4 Å². The molecule has 28 heavy (non-hydrogen) atoms. The van der Waals surface area contributed by atoms with Gasteiger partial charge in [-0.05, 0) is 47.9 Å². The fraction of sp³-hybridized carbons (Fsp3) is 0.286. The first-order valence-electron chi connectivity index (χ1n) is 8.98. The van der Waals surface area contributed by atoms with Gasteiger partial charge in [0, 0.05) is 5.56 Å². The van der Waals surface area contributed by atoms with Crippen molar-refractivity contribution in [1.82, 2.24) is 15.5 Å². The molecule has 146 valence electrons. The normalized spacial score (nSPS) is 12.0. The van der Waals surface area contributed by atoms with Gasteiger partial charge in [-0.15, -0.1) is 0 Å². The van der Waals surface area contributed by atoms with E-state index in [9.17, 15) is 9.18 Å². The van der Waals surface area contributed by atoms with Crippen LogP contribution in [0.3, 0.4) is 0 Å². The number of halogens is 1. The first-order valence-corrected chi connectivity index (χ1v) is 8.98. The maximum Gasteiger partial charge on any atom is 0.246 e. The number of methoxy groups -OCH3 is 1. The monoisotopic (exact) mass is 383 g/mol. The van der Waals surface area contributed by atoms with Crippen molar-refractivity contribution in [2.24, 2.45) is 5.92 Å². The molecular weight excluding hydrogens is 361 g/mol. The Labute approximate surface area is 162 Å². The second-order valence-electron chi connectivity index (χ2n) is 6.73. The smallest absolute Gasteiger partial charge is 0.246 e. The minimum Gasteiger partial charge on any atom is -0.497 e. The van der Waals surface area contributed by atoms with Gasteiger partial charge in [-0.1, -0.05) is 31.1 Å². The fourth-order valence-electron chi connectivity index (χ4n) is 2.97. The quantitative estimate of drug-likeness (QED) is 0.669. The van der Waals surface area contributed by atoms with Gasteiger partial charge in [0.25, 0.3) is 0 Å². The Morgan fingerprint density at radius 2 is 1.82 bits per heavy atom. The van der Waals surface area contributed by atoms with Crippen LogP contribution in [0, 0.1) is 11.7 Å². The molecule has 1 unspecified atom stereocenters. The number of hydrogen-bond donors (Lipinski definition) is 1. The first-order chi connectivity index (χ1) is 13.5. The van der Waals surface area contributed by atoms with Crippen molar-refractivity contribution in [2.45, 2.75) is 26.3 Å². The maximum atomic E-state index is 13.0. The number of rotatable bonds is 7. The van der Waals surface area contributed by atoms with Crippen LogP contribution in [0.15, 0.2) is 53.1 Å². The summed E-state index contributed by atoms with van der Waals surface area (Å²) in [4.78, 5) is 17.0. The zero-order valence-corrected chi connectivity index (χ0v) is 16.0. The van der Waals surface area contributed by atoms with E-state index < -0.39 is 0 Å². The summed E-state index contributed by atoms with van der Waals surface area (Å²) in [6.45, 7) is 4.11. The Balaban J connectivity index is 1.67. The molecule has 0 saturated carbocycles. The molecule has 7 heteroatoms. The highest BCUT2D eigenvalue weighted by Crippen LogP contribution is 2.26. The predicted octanol–water partition coefficient (Wildman–Crippen LogP) is 3.94. The van der Waals surface area contributed by atoms with Gasteiger partial charge in [0.05, 0.1) is 19.6 Å². The Hall–Kier alpha value is -3.22. The van der Waals surface area contributed by atoms with E-state index in [1.54, 1.807) is 19.2 Å². The number of aromatic nitrogens is 2. The zero-order chi connectivity index (χ0) is 20.1. The van der Waals surface area contributed by atoms with Crippen LogP contribution in [0.5, 0.6) is 5.75 Å². The third-order valence-corrected chi connectivity index (χ3v) is 4.41. The van der Waals surface area contributed by atoms with Crippen LogP contribution < -0.4 is 10.1 Å². The molecule has 0 radical (unpaired) electrons. The molecule has 1 aromatic heterocycles. The Bertz CT molecular complexity index is 921. The Morgan fingerprint density at radius 3 is 2.43 bits per heavy atom. The highest BCUT2D eigenvalue weighted by atomic mass is 19.1. The van der Waals surface area contributed by atoms with Gasteiger partial charge in [0.1, 0.15) is 11.6 Å². The van der Waals surface area contributed by atoms with E-state index in [4.69, 9.17) is 9.26 Å². The second kappa shape index (κ2) is 8.65. The molecule has 0 aliphatic rings. The molecule has 3 aromatic rings. The van der Waals surface area contributed by atoms with Crippen LogP contribution in [0.4, 0.5) is 4.39 Å². The lowest BCUT2D eigenvalue weighted by molar-refractivity contribution is -0.123. The lowest BCUT2D eigenvalue weighted by atomic mass is 9.87. The van der Waals surface area contributed by atoms with Crippen molar-refractivity contribution in [2.75, 3.05) is 7.11 Å². The average Bonchev–Trinajstić information content (AvgIpc) is 3.16. The van der Waals surface area contributed by atoms with Crippen molar-refractivity contribution in [3.63, 3.8) is 0 Å². The number of carbonyl (C=O) groups is 1. The van der Waals surface area contributed by atoms with Gasteiger partial charge in [0.2, 0.25) is 17.6 Å². The van der Waals surface area contributed by atoms with E-state index in [1.807, 2.05) is 38.1 Å². The lowest BCUT2D eigenvalue weighted by Gasteiger charge is -2.20. The lowest BCUT2D eigenvalue weighted by Crippen LogP contribution is -2.31. The second-order valence-corrected chi connectivity index (χ2v) is 6.73. The third kappa shape index (κ3) is 4.54. The average molecular weight is 383 g/mol. The summed E-state index contributed by atoms with van der Waals surface area (Å²) in [6.07, 6.45) is 0. The number of amides is 1. The summed E-state index contributed by atoms with van der Waals surface area (Å²) >= 11 is 0. The standard InChI is InChI=1S/C21H22FN3O3/c1-13(2)19(14-6-10-17(27-3)11-7-14)21(26)23-12-18-24-20(25-28-18)15-4-8-16(22)9-5-15/h4-11,13,19H,12H2,1-3H3,(H,23,26). The molecule has 0 aliphatic heterocycles. The van der Waals surface area contributed by atoms with Gasteiger partial charge < -0.3 is 14.6 Å². The molecule has 0 bridgehead atoms. The molecule has 1 atom stereocenters. The van der Waals surface area contributed by atoms with E-state index >= 15 is 0 Å². The number of nitrogens with one attached hydrogen (secondary N) is 1. The highest BCUT2D eigenvalue weighted by molar-refractivity contribution is 5.83. The Kier molecular flexibility index (Phi) is 6.03. The summed E-state index contributed by atoms with van der Waals surface area (Å²) in [5.41, 5.74) is 1.55. The van der Waals surface area contributed by atoms with Crippen molar-refractivity contribution in [3.05, 3.63) is 65.8 Å². The molecule has 6 nitrogen and oxygen atoms in total. The molecule has 0 aliphatic carbocycles. The summed E-state index contributed by atoms with van der Waals surface area (Å²) < 4.78 is 23.4. The molecular formula is C21H22FN3O3. The predicted molar refractivity (Wildman–Crippen MR) is 102 cm³/mol. The minimum atomic E-state index is -0.335. The number of hydrogen-bond acceptors (Lipinski definition) is 5. The van der Waals surface area contributed by atoms with E-state index in [0.717, 1.165) is 11.3 Å². The van der Waals surface area contributed by atoms with Gasteiger partial charge in [0.15, 0.2) is 0 Å². The summed E-state index contributed by atoms with van der Waals surface area (Å²) in [5, 5.41) is 6.73. The fourth-order valence-corrected chi connectivity index (χ4v) is 2.97. The first kappa shape index (κ1) is 19.5. The van der Waals surface area contributed by atoms with Crippen LogP contribution >= 0.6 is 0 Å². The number of carbonyl (C=O) groups excluding carboxylic acids is 1. The number of ether oxygens (including phenoxy) is 1. The van der Waals surface area contributed by atoms with Crippen molar-refractivity contribution in [3.8, 4) is 17.1 Å². The van der Waals surface area contributed by atoms with Gasteiger partial charge in [-0.25, -0.2) is 4.39 Å². The number of nitrogens with zero attached hydrogens (tertiary/aromatic N) is 2. The zero-order valence-electron chi connectivity index (χ0n) is 16.0. The van der Waals surface area contributed by atoms with E-state index in [1.165, 1.54) is 12.1 Å². The molecule has 1 heterocycles. The highest BCUT2D eigenvalue weighted by Gasteiger charge is 2.24. The summed E-state index contributed by atoms with van der Waals surface area (Å²) in [6, 6.07) is 13.3. The van der Waals surface area contributed by atoms with E-state index in [2.05, 4.69) is 15.5 Å². The van der Waals surface area contributed by atoms with Crippen LogP contribution in [0.25, 0.3) is 11.4 Å². The van der Waals surface area contributed by atoms with Gasteiger partial charge in [-0.2, -0.15) is 4.98 Å². The molecule has 2 aromatic carbocycles. The van der Waals surface area contributed by atoms with Crippen LogP contribution in [-0.2, 0) is 11.3 Å².